The molecule has 2 aromatic carbocycles. The van der Waals surface area contributed by atoms with Crippen LogP contribution in [-0.4, -0.2) is 60.9 Å². The molecule has 1 spiro atoms. The molecule has 2 N–H and O–H groups in total. The van der Waals surface area contributed by atoms with Crippen LogP contribution in [-0.2, 0) is 20.1 Å². The summed E-state index contributed by atoms with van der Waals surface area (Å²) < 4.78 is 33.8. The molecule has 8 atom stereocenters. The number of nitrogens with zero attached hydrogens (tertiary/aromatic N) is 2. The van der Waals surface area contributed by atoms with Crippen LogP contribution in [0, 0.1) is 23.7 Å². The molecule has 8 rings (SSSR count). The number of rotatable bonds is 3. The predicted molar refractivity (Wildman–Crippen MR) is 187 cm³/mol. The van der Waals surface area contributed by atoms with Gasteiger partial charge in [-0.25, -0.2) is 9.00 Å². The van der Waals surface area contributed by atoms with E-state index in [2.05, 4.69) is 43.6 Å². The van der Waals surface area contributed by atoms with Crippen molar-refractivity contribution in [2.45, 2.75) is 75.3 Å². The lowest BCUT2D eigenvalue weighted by Crippen LogP contribution is -2.49. The van der Waals surface area contributed by atoms with E-state index in [0.717, 1.165) is 61.7 Å². The number of urea groups is 1. The first-order chi connectivity index (χ1) is 23.1. The summed E-state index contributed by atoms with van der Waals surface area (Å²) in [6.07, 6.45) is 11.0. The topological polar surface area (TPSA) is 109 Å². The van der Waals surface area contributed by atoms with Crippen LogP contribution in [0.1, 0.15) is 79.3 Å². The van der Waals surface area contributed by atoms with E-state index in [-0.39, 0.29) is 29.2 Å². The van der Waals surface area contributed by atoms with E-state index in [1.165, 1.54) is 17.5 Å². The number of carbonyl (C=O) groups excluding carboxylic acids is 2. The van der Waals surface area contributed by atoms with Gasteiger partial charge >= 0.3 is 6.03 Å². The third-order valence-electron chi connectivity index (χ3n) is 11.5. The molecule has 6 aliphatic rings. The summed E-state index contributed by atoms with van der Waals surface area (Å²) in [7, 11) is -1.64. The van der Waals surface area contributed by atoms with Crippen LogP contribution in [0.25, 0.3) is 0 Å². The van der Waals surface area contributed by atoms with Crippen LogP contribution in [0.3, 0.4) is 0 Å². The number of fused-ring (bicyclic) bond motifs is 6. The lowest BCUT2D eigenvalue weighted by atomic mass is 9.68. The number of benzene rings is 2. The second kappa shape index (κ2) is 12.4. The summed E-state index contributed by atoms with van der Waals surface area (Å²) in [6.45, 7) is 4.06. The Labute approximate surface area is 288 Å². The first-order valence-corrected chi connectivity index (χ1v) is 19.6. The van der Waals surface area contributed by atoms with E-state index in [1.807, 2.05) is 25.1 Å². The molecule has 2 heterocycles. The fraction of sp³-hybridized carbons (Fsp3) is 0.568. The molecule has 3 fully saturated rings. The number of anilines is 1. The molecule has 2 bridgehead atoms. The lowest BCUT2D eigenvalue weighted by molar-refractivity contribution is 0.0131. The van der Waals surface area contributed by atoms with Gasteiger partial charge in [-0.2, -0.15) is 0 Å². The minimum absolute atomic E-state index is 0.0327. The number of hydrogen-bond donors (Lipinski definition) is 2. The van der Waals surface area contributed by atoms with Gasteiger partial charge in [-0.3, -0.25) is 9.52 Å². The Kier molecular flexibility index (Phi) is 8.27. The zero-order chi connectivity index (χ0) is 33.2. The fourth-order valence-electron chi connectivity index (χ4n) is 8.68. The lowest BCUT2D eigenvalue weighted by Gasteiger charge is -2.46. The van der Waals surface area contributed by atoms with E-state index < -0.39 is 21.9 Å². The van der Waals surface area contributed by atoms with Gasteiger partial charge in [0.15, 0.2) is 0 Å². The van der Waals surface area contributed by atoms with Crippen molar-refractivity contribution in [1.82, 2.24) is 10.0 Å². The van der Waals surface area contributed by atoms with Crippen LogP contribution >= 0.6 is 11.6 Å². The van der Waals surface area contributed by atoms with Crippen molar-refractivity contribution in [2.24, 2.45) is 28.0 Å². The first kappa shape index (κ1) is 32.1. The van der Waals surface area contributed by atoms with Crippen molar-refractivity contribution in [3.05, 3.63) is 70.3 Å². The van der Waals surface area contributed by atoms with Crippen molar-refractivity contribution in [3.63, 3.8) is 0 Å². The van der Waals surface area contributed by atoms with Crippen molar-refractivity contribution in [3.8, 4) is 5.75 Å². The molecule has 3 amide bonds. The van der Waals surface area contributed by atoms with Crippen LogP contribution < -0.4 is 19.7 Å². The van der Waals surface area contributed by atoms with Gasteiger partial charge in [0.05, 0.1) is 24.2 Å². The SMILES string of the molecule is CO[C@H]1/C=C/C[C@H](C)CS(=O)(NC(=O)NC2CC2)=NC(=O)c2ccc3c(c2)N(C[C@@H]2CC[C@H]21)C[C@]1(CO3)C[C@@H]2C[C@@H]2c2cc(Cl)ccc21. The van der Waals surface area contributed by atoms with E-state index >= 15 is 0 Å². The Balaban J connectivity index is 1.20. The van der Waals surface area contributed by atoms with Crippen LogP contribution in [0.2, 0.25) is 5.02 Å². The van der Waals surface area contributed by atoms with E-state index in [9.17, 15) is 13.8 Å². The summed E-state index contributed by atoms with van der Waals surface area (Å²) in [4.78, 5) is 29.1. The van der Waals surface area contributed by atoms with E-state index in [4.69, 9.17) is 21.1 Å². The number of carbonyl (C=O) groups is 2. The molecule has 2 aliphatic heterocycles. The van der Waals surface area contributed by atoms with E-state index in [1.54, 1.807) is 13.2 Å². The van der Waals surface area contributed by atoms with Crippen molar-refractivity contribution < 1.29 is 23.3 Å². The highest BCUT2D eigenvalue weighted by atomic mass is 35.5. The largest absolute Gasteiger partial charge is 0.490 e. The Morgan fingerprint density at radius 2 is 2.00 bits per heavy atom. The van der Waals surface area contributed by atoms with Gasteiger partial charge in [0.1, 0.15) is 15.7 Å². The van der Waals surface area contributed by atoms with Gasteiger partial charge in [-0.05, 0) is 116 Å². The van der Waals surface area contributed by atoms with E-state index in [0.29, 0.717) is 42.3 Å². The summed E-state index contributed by atoms with van der Waals surface area (Å²) >= 11 is 6.52. The Bertz CT molecular complexity index is 1790. The summed E-state index contributed by atoms with van der Waals surface area (Å²) in [5, 5.41) is 3.60. The van der Waals surface area contributed by atoms with Gasteiger partial charge in [0.25, 0.3) is 5.91 Å². The number of nitrogens with one attached hydrogen (secondary N) is 2. The first-order valence-electron chi connectivity index (χ1n) is 17.5. The molecule has 0 radical (unpaired) electrons. The smallest absolute Gasteiger partial charge is 0.327 e. The monoisotopic (exact) mass is 692 g/mol. The Morgan fingerprint density at radius 1 is 1.15 bits per heavy atom. The van der Waals surface area contributed by atoms with Crippen molar-refractivity contribution >= 4 is 39.1 Å². The number of amides is 3. The van der Waals surface area contributed by atoms with Crippen LogP contribution in [0.15, 0.2) is 52.9 Å². The highest BCUT2D eigenvalue weighted by molar-refractivity contribution is 7.92. The molecule has 0 saturated heterocycles. The minimum Gasteiger partial charge on any atom is -0.490 e. The average molecular weight is 693 g/mol. The molecular formula is C37H45ClN4O5S. The molecule has 48 heavy (non-hydrogen) atoms. The second-order valence-electron chi connectivity index (χ2n) is 15.2. The normalized spacial score (nSPS) is 36.1. The maximum Gasteiger partial charge on any atom is 0.327 e. The van der Waals surface area contributed by atoms with Gasteiger partial charge in [0, 0.05) is 42.2 Å². The van der Waals surface area contributed by atoms with Gasteiger partial charge in [0.2, 0.25) is 0 Å². The molecule has 3 saturated carbocycles. The van der Waals surface area contributed by atoms with Gasteiger partial charge < -0.3 is 19.7 Å². The zero-order valence-corrected chi connectivity index (χ0v) is 29.2. The summed E-state index contributed by atoms with van der Waals surface area (Å²) in [5.41, 5.74) is 3.63. The number of hydrogen-bond acceptors (Lipinski definition) is 6. The maximum absolute atomic E-state index is 14.2. The van der Waals surface area contributed by atoms with Crippen molar-refractivity contribution in [2.75, 3.05) is 37.5 Å². The predicted octanol–water partition coefficient (Wildman–Crippen LogP) is 6.61. The number of halogens is 1. The average Bonchev–Trinajstić information content (AvgIpc) is 3.96. The minimum atomic E-state index is -3.42. The second-order valence-corrected chi connectivity index (χ2v) is 17.6. The Morgan fingerprint density at radius 3 is 2.77 bits per heavy atom. The van der Waals surface area contributed by atoms with Crippen LogP contribution in [0.5, 0.6) is 5.75 Å². The number of allylic oxidation sites excluding steroid dienone is 1. The standard InChI is InChI=1S/C37H45ClN4O5S/c1-22-4-3-5-33(46-2)28-11-6-24(28)18-42-20-37(17-25-14-29(25)30-16-26(38)8-12-31(30)37)21-47-34-13-7-23(15-32(34)42)35(43)40-48(45,19-22)41-36(44)39-27-9-10-27/h3,5,7-8,12-13,15-16,22,24-25,27-29,33H,4,6,9-11,14,17-21H2,1-2H3,(H2,39,40,41,43,44,45)/b5-3+/t22-,24-,25-,28+,29-,33-,37-,48?/m0/s1. The number of ether oxygens (including phenoxy) is 2. The molecule has 1 unspecified atom stereocenters. The number of methoxy groups -OCH3 is 1. The maximum atomic E-state index is 14.2. The molecule has 4 aliphatic carbocycles. The highest BCUT2D eigenvalue weighted by Gasteiger charge is 2.54. The third-order valence-corrected chi connectivity index (χ3v) is 13.7. The quantitative estimate of drug-likeness (QED) is 0.351. The van der Waals surface area contributed by atoms with Crippen LogP contribution in [0.4, 0.5) is 10.5 Å². The molecule has 2 aromatic rings. The molecule has 9 nitrogen and oxygen atoms in total. The summed E-state index contributed by atoms with van der Waals surface area (Å²) in [5.74, 6) is 2.03. The molecular weight excluding hydrogens is 648 g/mol. The fourth-order valence-corrected chi connectivity index (χ4v) is 10.7. The molecule has 256 valence electrons. The molecule has 0 aromatic heterocycles. The van der Waals surface area contributed by atoms with Crippen molar-refractivity contribution in [1.29, 1.82) is 0 Å². The van der Waals surface area contributed by atoms with Gasteiger partial charge in [-0.15, -0.1) is 4.36 Å². The highest BCUT2D eigenvalue weighted by Crippen LogP contribution is 2.61. The Hall–Kier alpha value is -3.08. The summed E-state index contributed by atoms with van der Waals surface area (Å²) in [6, 6.07) is 11.3. The zero-order valence-electron chi connectivity index (χ0n) is 27.7. The van der Waals surface area contributed by atoms with Gasteiger partial charge in [-0.1, -0.05) is 36.7 Å². The third kappa shape index (κ3) is 6.24. The molecule has 11 heteroatoms.